The third-order valence-electron chi connectivity index (χ3n) is 5.59. The molecule has 0 unspecified atom stereocenters. The Bertz CT molecular complexity index is 1380. The molecular weight excluding hydrogens is 510 g/mol. The maximum absolute atomic E-state index is 13.7. The highest BCUT2D eigenvalue weighted by atomic mass is 32.2. The molecule has 0 bridgehead atoms. The molecule has 2 N–H and O–H groups in total. The molecule has 0 atom stereocenters. The van der Waals surface area contributed by atoms with Gasteiger partial charge in [0.05, 0.1) is 42.7 Å². The summed E-state index contributed by atoms with van der Waals surface area (Å²) in [6, 6.07) is 17.3. The Kier molecular flexibility index (Phi) is 9.69. The molecule has 202 valence electrons. The summed E-state index contributed by atoms with van der Waals surface area (Å²) in [5, 5.41) is 5.38. The van der Waals surface area contributed by atoms with Gasteiger partial charge in [0.25, 0.3) is 15.9 Å². The van der Waals surface area contributed by atoms with Crippen LogP contribution in [0.3, 0.4) is 0 Å². The molecule has 0 heterocycles. The number of para-hydroxylation sites is 1. The SMILES string of the molecule is COCCNC(=O)c1ccccc1NC(=O)CN(c1ccc(OC)c(OC)c1)S(=O)(=O)c1ccc(C)cc1. The minimum Gasteiger partial charge on any atom is -0.493 e. The number of methoxy groups -OCH3 is 3. The molecule has 3 aromatic rings. The van der Waals surface area contributed by atoms with Crippen LogP contribution in [0.25, 0.3) is 0 Å². The van der Waals surface area contributed by atoms with Gasteiger partial charge in [-0.1, -0.05) is 29.8 Å². The van der Waals surface area contributed by atoms with E-state index in [2.05, 4.69) is 10.6 Å². The summed E-state index contributed by atoms with van der Waals surface area (Å²) in [6.45, 7) is 1.90. The van der Waals surface area contributed by atoms with Crippen molar-refractivity contribution in [3.05, 3.63) is 77.9 Å². The van der Waals surface area contributed by atoms with Crippen LogP contribution in [0.2, 0.25) is 0 Å². The zero-order valence-corrected chi connectivity index (χ0v) is 22.5. The molecule has 38 heavy (non-hydrogen) atoms. The Morgan fingerprint density at radius 2 is 1.58 bits per heavy atom. The van der Waals surface area contributed by atoms with Crippen molar-refractivity contribution in [2.24, 2.45) is 0 Å². The van der Waals surface area contributed by atoms with Crippen LogP contribution in [-0.4, -0.2) is 61.3 Å². The molecule has 0 aromatic heterocycles. The van der Waals surface area contributed by atoms with Crippen LogP contribution in [0.1, 0.15) is 15.9 Å². The first-order valence-corrected chi connectivity index (χ1v) is 13.1. The lowest BCUT2D eigenvalue weighted by Crippen LogP contribution is -2.38. The Balaban J connectivity index is 1.95. The highest BCUT2D eigenvalue weighted by Gasteiger charge is 2.28. The molecule has 0 radical (unpaired) electrons. The number of amides is 2. The summed E-state index contributed by atoms with van der Waals surface area (Å²) >= 11 is 0. The van der Waals surface area contributed by atoms with Crippen LogP contribution in [0.15, 0.2) is 71.6 Å². The van der Waals surface area contributed by atoms with Gasteiger partial charge in [0.2, 0.25) is 5.91 Å². The Morgan fingerprint density at radius 3 is 2.24 bits per heavy atom. The number of sulfonamides is 1. The molecular formula is C27H31N3O7S. The minimum absolute atomic E-state index is 0.0172. The van der Waals surface area contributed by atoms with Crippen molar-refractivity contribution in [2.75, 3.05) is 50.6 Å². The van der Waals surface area contributed by atoms with Crippen LogP contribution >= 0.6 is 0 Å². The lowest BCUT2D eigenvalue weighted by molar-refractivity contribution is -0.114. The molecule has 10 nitrogen and oxygen atoms in total. The number of hydrogen-bond donors (Lipinski definition) is 2. The molecule has 3 aromatic carbocycles. The van der Waals surface area contributed by atoms with Gasteiger partial charge < -0.3 is 24.8 Å². The Morgan fingerprint density at radius 1 is 0.895 bits per heavy atom. The number of nitrogens with one attached hydrogen (secondary N) is 2. The van der Waals surface area contributed by atoms with E-state index in [1.165, 1.54) is 45.6 Å². The van der Waals surface area contributed by atoms with E-state index < -0.39 is 28.4 Å². The average Bonchev–Trinajstić information content (AvgIpc) is 2.92. The lowest BCUT2D eigenvalue weighted by Gasteiger charge is -2.25. The normalized spacial score (nSPS) is 10.9. The molecule has 0 aliphatic carbocycles. The van der Waals surface area contributed by atoms with Crippen molar-refractivity contribution >= 4 is 33.2 Å². The van der Waals surface area contributed by atoms with Crippen molar-refractivity contribution in [1.29, 1.82) is 0 Å². The first-order valence-electron chi connectivity index (χ1n) is 11.7. The highest BCUT2D eigenvalue weighted by Crippen LogP contribution is 2.34. The molecule has 0 spiro atoms. The highest BCUT2D eigenvalue weighted by molar-refractivity contribution is 7.92. The third kappa shape index (κ3) is 6.81. The van der Waals surface area contributed by atoms with Crippen LogP contribution in [-0.2, 0) is 19.6 Å². The van der Waals surface area contributed by atoms with Gasteiger partial charge in [0.1, 0.15) is 6.54 Å². The fourth-order valence-corrected chi connectivity index (χ4v) is 5.02. The van der Waals surface area contributed by atoms with Gasteiger partial charge in [0.15, 0.2) is 11.5 Å². The summed E-state index contributed by atoms with van der Waals surface area (Å²) < 4.78 is 44.0. The van der Waals surface area contributed by atoms with Gasteiger partial charge in [0, 0.05) is 19.7 Å². The van der Waals surface area contributed by atoms with Gasteiger partial charge in [-0.25, -0.2) is 8.42 Å². The summed E-state index contributed by atoms with van der Waals surface area (Å²) in [7, 11) is 0.261. The standard InChI is InChI=1S/C27H31N3O7S/c1-19-9-12-21(13-10-19)38(33,34)30(20-11-14-24(36-3)25(17-20)37-4)18-26(31)29-23-8-6-5-7-22(23)27(32)28-15-16-35-2/h5-14,17H,15-16,18H2,1-4H3,(H,28,32)(H,29,31). The summed E-state index contributed by atoms with van der Waals surface area (Å²) in [5.74, 6) is -0.344. The molecule has 2 amide bonds. The van der Waals surface area contributed by atoms with E-state index in [0.717, 1.165) is 9.87 Å². The first-order chi connectivity index (χ1) is 18.2. The number of rotatable bonds is 12. The van der Waals surface area contributed by atoms with Crippen LogP contribution in [0, 0.1) is 6.92 Å². The smallest absolute Gasteiger partial charge is 0.264 e. The third-order valence-corrected chi connectivity index (χ3v) is 7.38. The van der Waals surface area contributed by atoms with Crippen LogP contribution in [0.5, 0.6) is 11.5 Å². The number of ether oxygens (including phenoxy) is 3. The van der Waals surface area contributed by atoms with Crippen molar-refractivity contribution in [2.45, 2.75) is 11.8 Å². The van der Waals surface area contributed by atoms with Crippen molar-refractivity contribution in [3.63, 3.8) is 0 Å². The van der Waals surface area contributed by atoms with E-state index in [4.69, 9.17) is 14.2 Å². The predicted octanol–water partition coefficient (Wildman–Crippen LogP) is 3.22. The molecule has 11 heteroatoms. The fourth-order valence-electron chi connectivity index (χ4n) is 3.60. The average molecular weight is 542 g/mol. The second kappa shape index (κ2) is 12.9. The zero-order chi connectivity index (χ0) is 27.7. The number of nitrogens with zero attached hydrogens (tertiary/aromatic N) is 1. The number of benzene rings is 3. The van der Waals surface area contributed by atoms with Gasteiger partial charge in [-0.3, -0.25) is 13.9 Å². The number of anilines is 2. The predicted molar refractivity (Wildman–Crippen MR) is 145 cm³/mol. The van der Waals surface area contributed by atoms with E-state index in [-0.39, 0.29) is 21.8 Å². The summed E-state index contributed by atoms with van der Waals surface area (Å²) in [6.07, 6.45) is 0. The van der Waals surface area contributed by atoms with Crippen LogP contribution in [0.4, 0.5) is 11.4 Å². The Hall–Kier alpha value is -4.09. The number of aryl methyl sites for hydroxylation is 1. The molecule has 0 aliphatic rings. The van der Waals surface area contributed by atoms with E-state index in [0.29, 0.717) is 24.7 Å². The quantitative estimate of drug-likeness (QED) is 0.338. The Labute approximate surface area is 222 Å². The lowest BCUT2D eigenvalue weighted by atomic mass is 10.1. The second-order valence-electron chi connectivity index (χ2n) is 8.21. The monoisotopic (exact) mass is 541 g/mol. The molecule has 0 saturated heterocycles. The van der Waals surface area contributed by atoms with Gasteiger partial charge in [-0.2, -0.15) is 0 Å². The molecule has 0 saturated carbocycles. The van der Waals surface area contributed by atoms with Crippen LogP contribution < -0.4 is 24.4 Å². The van der Waals surface area contributed by atoms with E-state index >= 15 is 0 Å². The minimum atomic E-state index is -4.16. The van der Waals surface area contributed by atoms with Crippen molar-refractivity contribution < 1.29 is 32.2 Å². The maximum atomic E-state index is 13.7. The van der Waals surface area contributed by atoms with Crippen molar-refractivity contribution in [3.8, 4) is 11.5 Å². The topological polar surface area (TPSA) is 123 Å². The number of carbonyl (C=O) groups is 2. The van der Waals surface area contributed by atoms with E-state index in [9.17, 15) is 18.0 Å². The maximum Gasteiger partial charge on any atom is 0.264 e. The second-order valence-corrected chi connectivity index (χ2v) is 10.1. The van der Waals surface area contributed by atoms with E-state index in [1.807, 2.05) is 6.92 Å². The summed E-state index contributed by atoms with van der Waals surface area (Å²) in [5.41, 5.74) is 1.56. The first kappa shape index (κ1) is 28.5. The number of carbonyl (C=O) groups excluding carboxylic acids is 2. The molecule has 0 fully saturated rings. The number of hydrogen-bond acceptors (Lipinski definition) is 7. The zero-order valence-electron chi connectivity index (χ0n) is 21.7. The largest absolute Gasteiger partial charge is 0.493 e. The van der Waals surface area contributed by atoms with Gasteiger partial charge >= 0.3 is 0 Å². The summed E-state index contributed by atoms with van der Waals surface area (Å²) in [4.78, 5) is 25.9. The van der Waals surface area contributed by atoms with E-state index in [1.54, 1.807) is 42.5 Å². The van der Waals surface area contributed by atoms with Gasteiger partial charge in [-0.15, -0.1) is 0 Å². The molecule has 3 rings (SSSR count). The van der Waals surface area contributed by atoms with Crippen molar-refractivity contribution in [1.82, 2.24) is 5.32 Å². The van der Waals surface area contributed by atoms with Gasteiger partial charge in [-0.05, 0) is 43.3 Å². The fraction of sp³-hybridized carbons (Fsp3) is 0.259. The molecule has 0 aliphatic heterocycles.